The van der Waals surface area contributed by atoms with E-state index in [1.54, 1.807) is 13.1 Å². The highest BCUT2D eigenvalue weighted by Gasteiger charge is 2.27. The largest absolute Gasteiger partial charge is 0.313 e. The molecule has 92 valence electrons. The summed E-state index contributed by atoms with van der Waals surface area (Å²) in [5, 5.41) is 11.0. The summed E-state index contributed by atoms with van der Waals surface area (Å²) < 4.78 is 24.9. The Balaban J connectivity index is 2.57. The Bertz CT molecular complexity index is 355. The van der Waals surface area contributed by atoms with Crippen LogP contribution in [0.3, 0.4) is 0 Å². The highest BCUT2D eigenvalue weighted by molar-refractivity contribution is 7.89. The monoisotopic (exact) mass is 245 g/mol. The van der Waals surface area contributed by atoms with E-state index in [0.717, 1.165) is 25.8 Å². The normalized spacial score (nSPS) is 24.0. The van der Waals surface area contributed by atoms with Gasteiger partial charge >= 0.3 is 0 Å². The smallest absolute Gasteiger partial charge is 0.229 e. The first-order chi connectivity index (χ1) is 7.48. The van der Waals surface area contributed by atoms with Crippen molar-refractivity contribution in [3.05, 3.63) is 0 Å². The molecule has 6 heteroatoms. The van der Waals surface area contributed by atoms with E-state index in [1.165, 1.54) is 11.2 Å². The first-order valence-electron chi connectivity index (χ1n) is 5.56. The maximum absolute atomic E-state index is 11.8. The molecule has 1 rings (SSSR count). The van der Waals surface area contributed by atoms with Gasteiger partial charge in [0, 0.05) is 19.6 Å². The number of nitrogens with zero attached hydrogens (tertiary/aromatic N) is 2. The lowest BCUT2D eigenvalue weighted by Gasteiger charge is -2.28. The minimum atomic E-state index is -3.46. The van der Waals surface area contributed by atoms with Crippen molar-refractivity contribution in [3.8, 4) is 6.07 Å². The fourth-order valence-electron chi connectivity index (χ4n) is 1.83. The highest BCUT2D eigenvalue weighted by Crippen LogP contribution is 2.12. The Labute approximate surface area is 97.5 Å². The van der Waals surface area contributed by atoms with Crippen LogP contribution >= 0.6 is 0 Å². The topological polar surface area (TPSA) is 73.2 Å². The summed E-state index contributed by atoms with van der Waals surface area (Å²) in [6, 6.07) is 1.99. The zero-order valence-electron chi connectivity index (χ0n) is 9.81. The van der Waals surface area contributed by atoms with Crippen molar-refractivity contribution in [2.75, 3.05) is 20.1 Å². The predicted octanol–water partition coefficient (Wildman–Crippen LogP) is 0.302. The zero-order valence-corrected chi connectivity index (χ0v) is 10.6. The maximum atomic E-state index is 11.8. The number of hydrogen-bond donors (Lipinski definition) is 1. The van der Waals surface area contributed by atoms with E-state index in [0.29, 0.717) is 6.54 Å². The standard InChI is InChI=1S/C10H19N3O2S/c1-9(7-11)16(14,15)13(2)8-10-5-3-4-6-12-10/h9-10,12H,3-6,8H2,1-2H3. The van der Waals surface area contributed by atoms with Gasteiger partial charge in [0.2, 0.25) is 10.0 Å². The van der Waals surface area contributed by atoms with Crippen LogP contribution < -0.4 is 5.32 Å². The summed E-state index contributed by atoms with van der Waals surface area (Å²) in [7, 11) is -1.92. The molecule has 5 nitrogen and oxygen atoms in total. The third-order valence-electron chi connectivity index (χ3n) is 2.95. The molecule has 2 unspecified atom stereocenters. The summed E-state index contributed by atoms with van der Waals surface area (Å²) in [6.07, 6.45) is 3.29. The van der Waals surface area contributed by atoms with Crippen molar-refractivity contribution in [1.82, 2.24) is 9.62 Å². The number of nitriles is 1. The van der Waals surface area contributed by atoms with Crippen LogP contribution in [0.25, 0.3) is 0 Å². The summed E-state index contributed by atoms with van der Waals surface area (Å²) >= 11 is 0. The Morgan fingerprint density at radius 2 is 2.25 bits per heavy atom. The molecule has 1 fully saturated rings. The summed E-state index contributed by atoms with van der Waals surface area (Å²) in [4.78, 5) is 0. The molecule has 0 aliphatic carbocycles. The fraction of sp³-hybridized carbons (Fsp3) is 0.900. The van der Waals surface area contributed by atoms with Crippen LogP contribution in [0.2, 0.25) is 0 Å². The van der Waals surface area contributed by atoms with Crippen molar-refractivity contribution in [2.45, 2.75) is 37.5 Å². The van der Waals surface area contributed by atoms with Gasteiger partial charge in [-0.15, -0.1) is 0 Å². The molecule has 0 aromatic rings. The summed E-state index contributed by atoms with van der Waals surface area (Å²) in [6.45, 7) is 2.82. The second-order valence-electron chi connectivity index (χ2n) is 4.24. The second-order valence-corrected chi connectivity index (χ2v) is 6.60. The third kappa shape index (κ3) is 3.17. The average Bonchev–Trinajstić information content (AvgIpc) is 2.29. The van der Waals surface area contributed by atoms with Gasteiger partial charge in [-0.1, -0.05) is 6.42 Å². The minimum absolute atomic E-state index is 0.222. The van der Waals surface area contributed by atoms with E-state index in [-0.39, 0.29) is 6.04 Å². The number of piperidine rings is 1. The molecular weight excluding hydrogens is 226 g/mol. The average molecular weight is 245 g/mol. The van der Waals surface area contributed by atoms with Gasteiger partial charge < -0.3 is 5.32 Å². The van der Waals surface area contributed by atoms with E-state index in [1.807, 2.05) is 0 Å². The van der Waals surface area contributed by atoms with E-state index >= 15 is 0 Å². The molecule has 0 aromatic carbocycles. The molecule has 1 aliphatic heterocycles. The van der Waals surface area contributed by atoms with Crippen LogP contribution in [0.5, 0.6) is 0 Å². The molecule has 1 aliphatic rings. The molecule has 0 amide bonds. The van der Waals surface area contributed by atoms with Crippen LogP contribution in [-0.2, 0) is 10.0 Å². The van der Waals surface area contributed by atoms with Crippen molar-refractivity contribution in [1.29, 1.82) is 5.26 Å². The van der Waals surface area contributed by atoms with Crippen molar-refractivity contribution in [2.24, 2.45) is 0 Å². The van der Waals surface area contributed by atoms with Crippen LogP contribution in [0.15, 0.2) is 0 Å². The lowest BCUT2D eigenvalue weighted by Crippen LogP contribution is -2.45. The molecule has 16 heavy (non-hydrogen) atoms. The van der Waals surface area contributed by atoms with E-state index in [9.17, 15) is 8.42 Å². The predicted molar refractivity (Wildman–Crippen MR) is 62.3 cm³/mol. The van der Waals surface area contributed by atoms with Gasteiger partial charge in [0.1, 0.15) is 0 Å². The van der Waals surface area contributed by atoms with Gasteiger partial charge in [-0.3, -0.25) is 0 Å². The molecule has 0 aromatic heterocycles. The highest BCUT2D eigenvalue weighted by atomic mass is 32.2. The van der Waals surface area contributed by atoms with E-state index in [2.05, 4.69) is 5.32 Å². The SMILES string of the molecule is CC(C#N)S(=O)(=O)N(C)CC1CCCCN1. The quantitative estimate of drug-likeness (QED) is 0.773. The first kappa shape index (κ1) is 13.4. The summed E-state index contributed by atoms with van der Waals surface area (Å²) in [5.41, 5.74) is 0. The van der Waals surface area contributed by atoms with Gasteiger partial charge in [-0.2, -0.15) is 5.26 Å². The number of nitrogens with one attached hydrogen (secondary N) is 1. The van der Waals surface area contributed by atoms with Crippen molar-refractivity contribution >= 4 is 10.0 Å². The number of sulfonamides is 1. The molecule has 2 atom stereocenters. The second kappa shape index (κ2) is 5.62. The Kier molecular flexibility index (Phi) is 4.71. The van der Waals surface area contributed by atoms with Crippen LogP contribution in [0, 0.1) is 11.3 Å². The fourth-order valence-corrected chi connectivity index (χ4v) is 2.89. The van der Waals surface area contributed by atoms with Gasteiger partial charge in [-0.05, 0) is 26.3 Å². The zero-order chi connectivity index (χ0) is 12.2. The molecule has 1 heterocycles. The lowest BCUT2D eigenvalue weighted by atomic mass is 10.1. The van der Waals surface area contributed by atoms with Crippen LogP contribution in [-0.4, -0.2) is 44.2 Å². The maximum Gasteiger partial charge on any atom is 0.229 e. The summed E-state index contributed by atoms with van der Waals surface area (Å²) in [5.74, 6) is 0. The third-order valence-corrected chi connectivity index (χ3v) is 4.97. The minimum Gasteiger partial charge on any atom is -0.313 e. The Hall–Kier alpha value is -0.640. The van der Waals surface area contributed by atoms with E-state index in [4.69, 9.17) is 5.26 Å². The van der Waals surface area contributed by atoms with Gasteiger partial charge in [0.25, 0.3) is 0 Å². The molecular formula is C10H19N3O2S. The molecule has 0 bridgehead atoms. The number of hydrogen-bond acceptors (Lipinski definition) is 4. The lowest BCUT2D eigenvalue weighted by molar-refractivity contribution is 0.337. The van der Waals surface area contributed by atoms with E-state index < -0.39 is 15.3 Å². The van der Waals surface area contributed by atoms with Gasteiger partial charge in [-0.25, -0.2) is 12.7 Å². The van der Waals surface area contributed by atoms with Crippen molar-refractivity contribution < 1.29 is 8.42 Å². The number of likely N-dealkylation sites (N-methyl/N-ethyl adjacent to an activating group) is 1. The first-order valence-corrected chi connectivity index (χ1v) is 7.07. The molecule has 0 radical (unpaired) electrons. The molecule has 0 spiro atoms. The Morgan fingerprint density at radius 3 is 2.75 bits per heavy atom. The van der Waals surface area contributed by atoms with Crippen LogP contribution in [0.4, 0.5) is 0 Å². The van der Waals surface area contributed by atoms with Gasteiger partial charge in [0.05, 0.1) is 6.07 Å². The van der Waals surface area contributed by atoms with Crippen LogP contribution in [0.1, 0.15) is 26.2 Å². The number of rotatable bonds is 4. The Morgan fingerprint density at radius 1 is 1.56 bits per heavy atom. The molecule has 1 saturated heterocycles. The van der Waals surface area contributed by atoms with Crippen molar-refractivity contribution in [3.63, 3.8) is 0 Å². The van der Waals surface area contributed by atoms with Gasteiger partial charge in [0.15, 0.2) is 5.25 Å². The molecule has 1 N–H and O–H groups in total. The molecule has 0 saturated carbocycles.